The average molecular weight is 196 g/mol. The van der Waals surface area contributed by atoms with Gasteiger partial charge < -0.3 is 5.73 Å². The lowest BCUT2D eigenvalue weighted by atomic mass is 10.7. The van der Waals surface area contributed by atoms with E-state index in [9.17, 15) is 0 Å². The molecule has 0 atom stereocenters. The lowest BCUT2D eigenvalue weighted by Gasteiger charge is -1.71. The van der Waals surface area contributed by atoms with Crippen molar-refractivity contribution in [2.45, 2.75) is 0 Å². The van der Waals surface area contributed by atoms with E-state index in [0.717, 1.165) is 0 Å². The van der Waals surface area contributed by atoms with Crippen molar-refractivity contribution in [1.82, 2.24) is 0 Å². The Kier molecular flexibility index (Phi) is 3.11. The van der Waals surface area contributed by atoms with Crippen LogP contribution < -0.4 is 5.73 Å². The van der Waals surface area contributed by atoms with Crippen LogP contribution in [0.25, 0.3) is 0 Å². The lowest BCUT2D eigenvalue weighted by molar-refractivity contribution is 1.55. The Morgan fingerprint density at radius 2 is 2.33 bits per heavy atom. The molecular weight excluding hydrogens is 191 g/mol. The number of hydrogen-bond donors (Lipinski definition) is 2. The van der Waals surface area contributed by atoms with E-state index >= 15 is 0 Å². The van der Waals surface area contributed by atoms with Gasteiger partial charge >= 0.3 is 0 Å². The Balaban J connectivity index is 3.30. The van der Waals surface area contributed by atoms with Crippen LogP contribution in [0.15, 0.2) is 12.3 Å². The van der Waals surface area contributed by atoms with Gasteiger partial charge in [-0.1, -0.05) is 0 Å². The third-order valence-electron chi connectivity index (χ3n) is 0.243. The van der Waals surface area contributed by atoms with Crippen LogP contribution in [0.2, 0.25) is 0 Å². The number of halogens is 1. The van der Waals surface area contributed by atoms with Crippen LogP contribution in [0.4, 0.5) is 0 Å². The molecule has 0 aromatic heterocycles. The Morgan fingerprint density at radius 1 is 1.83 bits per heavy atom. The minimum absolute atomic E-state index is 0.454. The zero-order chi connectivity index (χ0) is 4.99. The van der Waals surface area contributed by atoms with Gasteiger partial charge in [0.05, 0.1) is 3.72 Å². The maximum atomic E-state index is 6.71. The summed E-state index contributed by atoms with van der Waals surface area (Å²) < 4.78 is 0.454. The topological polar surface area (TPSA) is 49.9 Å². The SMILES string of the molecule is N=C(I)C=CN. The second-order valence-corrected chi connectivity index (χ2v) is 1.87. The molecule has 0 heterocycles. The highest BCUT2D eigenvalue weighted by Crippen LogP contribution is 1.83. The molecule has 0 aliphatic carbocycles. The van der Waals surface area contributed by atoms with Crippen molar-refractivity contribution in [3.8, 4) is 0 Å². The molecule has 0 saturated heterocycles. The van der Waals surface area contributed by atoms with E-state index in [1.165, 1.54) is 12.3 Å². The molecule has 0 amide bonds. The van der Waals surface area contributed by atoms with Crippen LogP contribution in [0, 0.1) is 5.41 Å². The average Bonchev–Trinajstić information content (AvgIpc) is 1.35. The van der Waals surface area contributed by atoms with Gasteiger partial charge in [-0.05, 0) is 34.9 Å². The van der Waals surface area contributed by atoms with Crippen LogP contribution >= 0.6 is 22.6 Å². The molecule has 0 bridgehead atoms. The molecule has 34 valence electrons. The molecule has 0 unspecified atom stereocenters. The largest absolute Gasteiger partial charge is 0.405 e. The van der Waals surface area contributed by atoms with Crippen molar-refractivity contribution in [3.05, 3.63) is 12.3 Å². The summed E-state index contributed by atoms with van der Waals surface area (Å²) in [5, 5.41) is 6.71. The second kappa shape index (κ2) is 3.14. The number of allylic oxidation sites excluding steroid dienone is 1. The lowest BCUT2D eigenvalue weighted by Crippen LogP contribution is -1.78. The fourth-order valence-electron chi connectivity index (χ4n) is 0.0845. The zero-order valence-corrected chi connectivity index (χ0v) is 5.27. The summed E-state index contributed by atoms with van der Waals surface area (Å²) in [5.74, 6) is 0. The van der Waals surface area contributed by atoms with Crippen molar-refractivity contribution in [1.29, 1.82) is 5.41 Å². The Bertz CT molecular complexity index is 76.9. The Hall–Kier alpha value is -0.0600. The highest BCUT2D eigenvalue weighted by Gasteiger charge is 1.70. The van der Waals surface area contributed by atoms with E-state index in [1.807, 2.05) is 22.6 Å². The minimum atomic E-state index is 0.454. The van der Waals surface area contributed by atoms with Crippen molar-refractivity contribution >= 4 is 26.3 Å². The van der Waals surface area contributed by atoms with Crippen LogP contribution in [0.3, 0.4) is 0 Å². The second-order valence-electron chi connectivity index (χ2n) is 0.707. The molecular formula is C3H5IN2. The van der Waals surface area contributed by atoms with Gasteiger partial charge in [0.2, 0.25) is 0 Å². The molecule has 0 aliphatic rings. The first-order valence-corrected chi connectivity index (χ1v) is 2.47. The zero-order valence-electron chi connectivity index (χ0n) is 3.11. The van der Waals surface area contributed by atoms with E-state index in [4.69, 9.17) is 11.1 Å². The van der Waals surface area contributed by atoms with Crippen molar-refractivity contribution in [2.24, 2.45) is 5.73 Å². The summed E-state index contributed by atoms with van der Waals surface area (Å²) in [6, 6.07) is 0. The summed E-state index contributed by atoms with van der Waals surface area (Å²) in [6.45, 7) is 0. The first-order valence-electron chi connectivity index (χ1n) is 1.39. The smallest absolute Gasteiger partial charge is 0.0933 e. The molecule has 0 spiro atoms. The van der Waals surface area contributed by atoms with Gasteiger partial charge in [-0.3, -0.25) is 5.41 Å². The number of hydrogen-bond acceptors (Lipinski definition) is 2. The van der Waals surface area contributed by atoms with Crippen LogP contribution in [0.5, 0.6) is 0 Å². The Labute approximate surface area is 50.1 Å². The first kappa shape index (κ1) is 5.94. The van der Waals surface area contributed by atoms with Gasteiger partial charge in [-0.25, -0.2) is 0 Å². The van der Waals surface area contributed by atoms with Gasteiger partial charge in [-0.2, -0.15) is 0 Å². The van der Waals surface area contributed by atoms with E-state index < -0.39 is 0 Å². The summed E-state index contributed by atoms with van der Waals surface area (Å²) in [7, 11) is 0. The number of nitrogens with two attached hydrogens (primary N) is 1. The predicted molar refractivity (Wildman–Crippen MR) is 35.1 cm³/mol. The first-order chi connectivity index (χ1) is 2.77. The fourth-order valence-corrected chi connectivity index (χ4v) is 0.292. The molecule has 6 heavy (non-hydrogen) atoms. The molecule has 0 aromatic carbocycles. The van der Waals surface area contributed by atoms with Gasteiger partial charge in [0.25, 0.3) is 0 Å². The highest BCUT2D eigenvalue weighted by molar-refractivity contribution is 14.1. The summed E-state index contributed by atoms with van der Waals surface area (Å²) in [4.78, 5) is 0. The fraction of sp³-hybridized carbons (Fsp3) is 0. The van der Waals surface area contributed by atoms with Crippen molar-refractivity contribution in [3.63, 3.8) is 0 Å². The summed E-state index contributed by atoms with van der Waals surface area (Å²) >= 11 is 1.86. The van der Waals surface area contributed by atoms with E-state index in [0.29, 0.717) is 3.72 Å². The number of nitrogens with one attached hydrogen (secondary N) is 1. The molecule has 0 rings (SSSR count). The van der Waals surface area contributed by atoms with E-state index in [2.05, 4.69) is 0 Å². The van der Waals surface area contributed by atoms with E-state index in [-0.39, 0.29) is 0 Å². The monoisotopic (exact) mass is 196 g/mol. The third kappa shape index (κ3) is 3.94. The quantitative estimate of drug-likeness (QED) is 0.474. The molecule has 0 fully saturated rings. The molecule has 3 N–H and O–H groups in total. The molecule has 0 saturated carbocycles. The van der Waals surface area contributed by atoms with Crippen LogP contribution in [-0.2, 0) is 0 Å². The predicted octanol–water partition coefficient (Wildman–Crippen LogP) is 0.871. The van der Waals surface area contributed by atoms with Gasteiger partial charge in [-0.15, -0.1) is 0 Å². The minimum Gasteiger partial charge on any atom is -0.405 e. The molecule has 0 aliphatic heterocycles. The maximum Gasteiger partial charge on any atom is 0.0933 e. The normalized spacial score (nSPS) is 9.50. The van der Waals surface area contributed by atoms with Gasteiger partial charge in [0.15, 0.2) is 0 Å². The molecule has 0 radical (unpaired) electrons. The molecule has 0 aromatic rings. The van der Waals surface area contributed by atoms with Gasteiger partial charge in [0, 0.05) is 0 Å². The van der Waals surface area contributed by atoms with E-state index in [1.54, 1.807) is 0 Å². The summed E-state index contributed by atoms with van der Waals surface area (Å²) in [6.07, 6.45) is 2.86. The van der Waals surface area contributed by atoms with Crippen molar-refractivity contribution in [2.75, 3.05) is 0 Å². The maximum absolute atomic E-state index is 6.71. The number of rotatable bonds is 1. The molecule has 3 heteroatoms. The highest BCUT2D eigenvalue weighted by atomic mass is 127. The Morgan fingerprint density at radius 3 is 2.33 bits per heavy atom. The van der Waals surface area contributed by atoms with Crippen molar-refractivity contribution < 1.29 is 0 Å². The third-order valence-corrected chi connectivity index (χ3v) is 0.602. The van der Waals surface area contributed by atoms with Crippen LogP contribution in [0.1, 0.15) is 0 Å². The summed E-state index contributed by atoms with van der Waals surface area (Å²) in [5.41, 5.74) is 4.90. The van der Waals surface area contributed by atoms with Crippen LogP contribution in [-0.4, -0.2) is 3.72 Å². The van der Waals surface area contributed by atoms with Gasteiger partial charge in [0.1, 0.15) is 0 Å². The standard InChI is InChI=1S/C3H5IN2/c4-3(6)1-2-5/h1-2,6H,5H2. The molecule has 2 nitrogen and oxygen atoms in total.